The first-order valence-corrected chi connectivity index (χ1v) is 12.7. The molecule has 0 spiro atoms. The molecule has 0 rings (SSSR count). The molecular weight excluding hydrogens is 396 g/mol. The average molecular weight is 441 g/mol. The van der Waals surface area contributed by atoms with Crippen LogP contribution in [0.2, 0.25) is 0 Å². The Morgan fingerprint density at radius 3 is 1.45 bits per heavy atom. The largest absolute Gasteiger partial charge is 0.355 e. The summed E-state index contributed by atoms with van der Waals surface area (Å²) in [4.78, 5) is 0. The number of rotatable bonds is 20. The second-order valence-corrected chi connectivity index (χ2v) is 8.79. The quantitative estimate of drug-likeness (QED) is 0.156. The summed E-state index contributed by atoms with van der Waals surface area (Å²) >= 11 is 0. The molecule has 176 valence electrons. The van der Waals surface area contributed by atoms with Gasteiger partial charge in [-0.15, -0.1) is 0 Å². The predicted molar refractivity (Wildman–Crippen MR) is 115 cm³/mol. The lowest BCUT2D eigenvalue weighted by molar-refractivity contribution is -0.366. The number of unbranched alkanes of at least 4 members (excludes halogenated alkanes) is 9. The Kier molecular flexibility index (Phi) is 15.4. The highest BCUT2D eigenvalue weighted by atomic mass is 32.2. The molecule has 0 saturated heterocycles. The van der Waals surface area contributed by atoms with Gasteiger partial charge in [-0.3, -0.25) is 4.55 Å². The highest BCUT2D eigenvalue weighted by Gasteiger charge is 2.63. The lowest BCUT2D eigenvalue weighted by Gasteiger charge is -2.43. The van der Waals surface area contributed by atoms with Crippen molar-refractivity contribution in [1.29, 1.82) is 0 Å². The van der Waals surface area contributed by atoms with E-state index < -0.39 is 21.0 Å². The molecule has 0 aliphatic heterocycles. The summed E-state index contributed by atoms with van der Waals surface area (Å²) in [5.74, 6) is -1.79. The van der Waals surface area contributed by atoms with E-state index in [0.29, 0.717) is 0 Å². The normalized spacial score (nSPS) is 14.8. The topological polar surface area (TPSA) is 91.3 Å². The number of hydrogen-bond acceptors (Lipinski definition) is 6. The molecule has 0 bridgehead atoms. The average Bonchev–Trinajstić information content (AvgIpc) is 2.65. The van der Waals surface area contributed by atoms with Gasteiger partial charge in [0.1, 0.15) is 0 Å². The standard InChI is InChI=1S/C21H44O7S/c1-6-10-11-12-13-14-15-16-17-18-19-28-20(5,25-7-2)21(26-8-3,27-9-4)29(22,23)24/h6-19H2,1-5H3,(H,22,23,24). The van der Waals surface area contributed by atoms with Gasteiger partial charge >= 0.3 is 15.2 Å². The van der Waals surface area contributed by atoms with E-state index in [-0.39, 0.29) is 26.4 Å². The van der Waals surface area contributed by atoms with Crippen molar-refractivity contribution in [3.05, 3.63) is 0 Å². The molecule has 1 N–H and O–H groups in total. The van der Waals surface area contributed by atoms with Crippen LogP contribution in [0.1, 0.15) is 98.8 Å². The van der Waals surface area contributed by atoms with Gasteiger partial charge in [0.15, 0.2) is 0 Å². The van der Waals surface area contributed by atoms with E-state index in [9.17, 15) is 13.0 Å². The van der Waals surface area contributed by atoms with Crippen LogP contribution in [0.4, 0.5) is 0 Å². The van der Waals surface area contributed by atoms with Crippen molar-refractivity contribution < 1.29 is 31.9 Å². The number of ether oxygens (including phenoxy) is 4. The molecule has 29 heavy (non-hydrogen) atoms. The molecule has 1 atom stereocenters. The minimum absolute atomic E-state index is 0.00404. The summed E-state index contributed by atoms with van der Waals surface area (Å²) < 4.78 is 56.5. The molecule has 0 fully saturated rings. The summed E-state index contributed by atoms with van der Waals surface area (Å²) in [5.41, 5.74) is 0. The first-order valence-electron chi connectivity index (χ1n) is 11.3. The van der Waals surface area contributed by atoms with Crippen LogP contribution in [0.3, 0.4) is 0 Å². The molecule has 0 aliphatic carbocycles. The molecule has 0 aliphatic rings. The van der Waals surface area contributed by atoms with Crippen molar-refractivity contribution in [3.8, 4) is 0 Å². The summed E-state index contributed by atoms with van der Waals surface area (Å²) in [6.07, 6.45) is 11.8. The third-order valence-electron chi connectivity index (χ3n) is 4.86. The molecule has 8 heteroatoms. The maximum absolute atomic E-state index is 12.2. The Hall–Kier alpha value is -0.250. The van der Waals surface area contributed by atoms with Gasteiger partial charge in [0.2, 0.25) is 5.79 Å². The Morgan fingerprint density at radius 2 is 1.07 bits per heavy atom. The highest BCUT2D eigenvalue weighted by molar-refractivity contribution is 7.87. The van der Waals surface area contributed by atoms with Crippen molar-refractivity contribution in [2.75, 3.05) is 26.4 Å². The van der Waals surface area contributed by atoms with Gasteiger partial charge < -0.3 is 18.9 Å². The van der Waals surface area contributed by atoms with Gasteiger partial charge in [0, 0.05) is 19.8 Å². The Bertz CT molecular complexity index is 489. The Balaban J connectivity index is 4.66. The molecule has 0 radical (unpaired) electrons. The molecule has 0 heterocycles. The van der Waals surface area contributed by atoms with E-state index in [1.807, 2.05) is 0 Å². The van der Waals surface area contributed by atoms with Crippen LogP contribution in [0.15, 0.2) is 0 Å². The van der Waals surface area contributed by atoms with E-state index in [2.05, 4.69) is 6.92 Å². The number of hydrogen-bond donors (Lipinski definition) is 1. The van der Waals surface area contributed by atoms with Gasteiger partial charge in [0.05, 0.1) is 6.61 Å². The zero-order valence-electron chi connectivity index (χ0n) is 19.2. The van der Waals surface area contributed by atoms with E-state index in [1.165, 1.54) is 51.9 Å². The second-order valence-electron chi connectivity index (χ2n) is 7.31. The summed E-state index contributed by atoms with van der Waals surface area (Å²) in [6.45, 7) is 9.08. The zero-order valence-corrected chi connectivity index (χ0v) is 20.0. The van der Waals surface area contributed by atoms with Crippen molar-refractivity contribution in [3.63, 3.8) is 0 Å². The third kappa shape index (κ3) is 9.61. The Morgan fingerprint density at radius 1 is 0.655 bits per heavy atom. The van der Waals surface area contributed by atoms with E-state index in [1.54, 1.807) is 20.8 Å². The SMILES string of the molecule is CCCCCCCCCCCCOC(C)(OCC)C(OCC)(OCC)S(=O)(=O)O. The van der Waals surface area contributed by atoms with Crippen LogP contribution in [0.25, 0.3) is 0 Å². The van der Waals surface area contributed by atoms with Gasteiger partial charge in [-0.05, 0) is 34.1 Å². The molecule has 7 nitrogen and oxygen atoms in total. The van der Waals surface area contributed by atoms with Gasteiger partial charge in [-0.25, -0.2) is 0 Å². The van der Waals surface area contributed by atoms with Crippen LogP contribution in [0, 0.1) is 0 Å². The van der Waals surface area contributed by atoms with Crippen molar-refractivity contribution in [1.82, 2.24) is 0 Å². The summed E-state index contributed by atoms with van der Waals surface area (Å²) in [7, 11) is -4.79. The monoisotopic (exact) mass is 440 g/mol. The molecule has 0 amide bonds. The van der Waals surface area contributed by atoms with Crippen LogP contribution < -0.4 is 0 Å². The van der Waals surface area contributed by atoms with E-state index in [4.69, 9.17) is 18.9 Å². The fourth-order valence-corrected chi connectivity index (χ4v) is 4.54. The fraction of sp³-hybridized carbons (Fsp3) is 1.00. The van der Waals surface area contributed by atoms with Crippen molar-refractivity contribution in [2.45, 2.75) is 110 Å². The lowest BCUT2D eigenvalue weighted by Crippen LogP contribution is -2.63. The van der Waals surface area contributed by atoms with Gasteiger partial charge in [-0.2, -0.15) is 8.42 Å². The summed E-state index contributed by atoms with van der Waals surface area (Å²) in [6, 6.07) is 0. The van der Waals surface area contributed by atoms with Crippen molar-refractivity contribution in [2.24, 2.45) is 0 Å². The van der Waals surface area contributed by atoms with Crippen LogP contribution in [-0.4, -0.2) is 50.3 Å². The molecule has 1 unspecified atom stereocenters. The van der Waals surface area contributed by atoms with Gasteiger partial charge in [0.25, 0.3) is 0 Å². The zero-order chi connectivity index (χ0) is 22.2. The van der Waals surface area contributed by atoms with E-state index >= 15 is 0 Å². The van der Waals surface area contributed by atoms with Crippen LogP contribution in [0.5, 0.6) is 0 Å². The van der Waals surface area contributed by atoms with Crippen molar-refractivity contribution >= 4 is 10.1 Å². The lowest BCUT2D eigenvalue weighted by atomic mass is 10.1. The minimum atomic E-state index is -4.79. The fourth-order valence-electron chi connectivity index (χ4n) is 3.42. The van der Waals surface area contributed by atoms with Crippen LogP contribution in [-0.2, 0) is 29.1 Å². The smallest absolute Gasteiger partial charge is 0.345 e. The van der Waals surface area contributed by atoms with Gasteiger partial charge in [-0.1, -0.05) is 64.7 Å². The second kappa shape index (κ2) is 15.5. The predicted octanol–water partition coefficient (Wildman–Crippen LogP) is 5.29. The van der Waals surface area contributed by atoms with Crippen LogP contribution >= 0.6 is 0 Å². The first kappa shape index (κ1) is 28.8. The Labute approximate surface area is 178 Å². The molecule has 0 aromatic rings. The molecule has 0 aromatic carbocycles. The maximum Gasteiger partial charge on any atom is 0.355 e. The molecular formula is C21H44O7S. The summed E-state index contributed by atoms with van der Waals surface area (Å²) in [5, 5.41) is -2.43. The maximum atomic E-state index is 12.2. The third-order valence-corrected chi connectivity index (χ3v) is 6.15. The highest BCUT2D eigenvalue weighted by Crippen LogP contribution is 2.37. The molecule has 0 saturated carbocycles. The minimum Gasteiger partial charge on any atom is -0.345 e. The first-order chi connectivity index (χ1) is 13.7. The molecule has 0 aromatic heterocycles. The van der Waals surface area contributed by atoms with E-state index in [0.717, 1.165) is 19.3 Å².